The molecule has 2 heterocycles. The molecule has 1 unspecified atom stereocenters. The molecule has 0 radical (unpaired) electrons. The first kappa shape index (κ1) is 15.1. The second kappa shape index (κ2) is 6.01. The van der Waals surface area contributed by atoms with E-state index in [4.69, 9.17) is 0 Å². The third-order valence-corrected chi connectivity index (χ3v) is 6.53. The number of aromatic nitrogens is 1. The number of carbonyl (C=O) groups is 1. The van der Waals surface area contributed by atoms with E-state index < -0.39 is 21.2 Å². The highest BCUT2D eigenvalue weighted by Gasteiger charge is 2.34. The lowest BCUT2D eigenvalue weighted by atomic mass is 10.2. The van der Waals surface area contributed by atoms with Crippen LogP contribution in [0.4, 0.5) is 5.69 Å². The van der Waals surface area contributed by atoms with Crippen molar-refractivity contribution in [1.82, 2.24) is 4.98 Å². The SMILES string of the molecule is CCS(=O)(=O)C1CSCCN1c1ccncc1C(=O)O. The number of carboxylic acid groups (broad SMARTS) is 1. The van der Waals surface area contributed by atoms with Crippen molar-refractivity contribution in [2.24, 2.45) is 0 Å². The molecule has 1 fully saturated rings. The largest absolute Gasteiger partial charge is 0.478 e. The second-order valence-electron chi connectivity index (χ2n) is 4.37. The van der Waals surface area contributed by atoms with Crippen molar-refractivity contribution >= 4 is 33.3 Å². The number of anilines is 1. The molecule has 1 aromatic rings. The molecular weight excluding hydrogens is 300 g/mol. The van der Waals surface area contributed by atoms with Crippen molar-refractivity contribution in [3.8, 4) is 0 Å². The van der Waals surface area contributed by atoms with Gasteiger partial charge in [0.1, 0.15) is 10.9 Å². The first-order valence-corrected chi connectivity index (χ1v) is 9.07. The molecule has 0 aromatic carbocycles. The van der Waals surface area contributed by atoms with E-state index in [9.17, 15) is 18.3 Å². The third-order valence-electron chi connectivity index (χ3n) is 3.24. The van der Waals surface area contributed by atoms with E-state index in [0.717, 1.165) is 5.75 Å². The molecular formula is C12H16N2O4S2. The van der Waals surface area contributed by atoms with Gasteiger partial charge in [0.2, 0.25) is 0 Å². The number of hydrogen-bond acceptors (Lipinski definition) is 6. The van der Waals surface area contributed by atoms with Gasteiger partial charge in [-0.3, -0.25) is 4.98 Å². The Morgan fingerprint density at radius 2 is 2.35 bits per heavy atom. The van der Waals surface area contributed by atoms with Gasteiger partial charge >= 0.3 is 5.97 Å². The highest BCUT2D eigenvalue weighted by Crippen LogP contribution is 2.29. The van der Waals surface area contributed by atoms with Gasteiger partial charge in [0.05, 0.1) is 5.69 Å². The fourth-order valence-electron chi connectivity index (χ4n) is 2.15. The van der Waals surface area contributed by atoms with Gasteiger partial charge in [0.25, 0.3) is 0 Å². The Morgan fingerprint density at radius 1 is 1.60 bits per heavy atom. The summed E-state index contributed by atoms with van der Waals surface area (Å²) < 4.78 is 24.4. The average Bonchev–Trinajstić information content (AvgIpc) is 2.47. The maximum Gasteiger partial charge on any atom is 0.339 e. The van der Waals surface area contributed by atoms with Crippen LogP contribution in [0.1, 0.15) is 17.3 Å². The summed E-state index contributed by atoms with van der Waals surface area (Å²) in [6, 6.07) is 1.57. The van der Waals surface area contributed by atoms with Crippen molar-refractivity contribution < 1.29 is 18.3 Å². The number of carboxylic acids is 1. The zero-order chi connectivity index (χ0) is 14.8. The van der Waals surface area contributed by atoms with Crippen LogP contribution in [0.3, 0.4) is 0 Å². The maximum atomic E-state index is 12.2. The van der Waals surface area contributed by atoms with Gasteiger partial charge in [0.15, 0.2) is 9.84 Å². The second-order valence-corrected chi connectivity index (χ2v) is 7.97. The Kier molecular flexibility index (Phi) is 4.54. The monoisotopic (exact) mass is 316 g/mol. The molecule has 0 bridgehead atoms. The topological polar surface area (TPSA) is 87.6 Å². The van der Waals surface area contributed by atoms with Crippen LogP contribution < -0.4 is 4.90 Å². The van der Waals surface area contributed by atoms with Crippen LogP contribution in [0, 0.1) is 0 Å². The molecule has 0 spiro atoms. The Bertz CT molecular complexity index is 603. The van der Waals surface area contributed by atoms with Gasteiger partial charge in [-0.25, -0.2) is 13.2 Å². The quantitative estimate of drug-likeness (QED) is 0.889. The summed E-state index contributed by atoms with van der Waals surface area (Å²) in [5, 5.41) is 8.55. The molecule has 1 aliphatic heterocycles. The minimum Gasteiger partial charge on any atom is -0.478 e. The molecule has 0 amide bonds. The van der Waals surface area contributed by atoms with E-state index in [-0.39, 0.29) is 11.3 Å². The van der Waals surface area contributed by atoms with Gasteiger partial charge in [-0.05, 0) is 6.07 Å². The maximum absolute atomic E-state index is 12.2. The van der Waals surface area contributed by atoms with E-state index in [1.165, 1.54) is 12.4 Å². The van der Waals surface area contributed by atoms with E-state index in [1.54, 1.807) is 29.7 Å². The lowest BCUT2D eigenvalue weighted by Crippen LogP contribution is -2.48. The molecule has 8 heteroatoms. The summed E-state index contributed by atoms with van der Waals surface area (Å²) in [5.74, 6) is 0.177. The number of thioether (sulfide) groups is 1. The van der Waals surface area contributed by atoms with Crippen LogP contribution in [0.15, 0.2) is 18.5 Å². The number of pyridine rings is 1. The summed E-state index contributed by atoms with van der Waals surface area (Å²) in [5.41, 5.74) is 0.463. The van der Waals surface area contributed by atoms with Crippen LogP contribution in [-0.2, 0) is 9.84 Å². The predicted molar refractivity (Wildman–Crippen MR) is 79.1 cm³/mol. The smallest absolute Gasteiger partial charge is 0.339 e. The Labute approximate surface area is 122 Å². The van der Waals surface area contributed by atoms with Gasteiger partial charge < -0.3 is 10.0 Å². The molecule has 0 saturated carbocycles. The number of rotatable bonds is 4. The molecule has 1 N–H and O–H groups in total. The highest BCUT2D eigenvalue weighted by molar-refractivity contribution is 8.01. The third kappa shape index (κ3) is 2.90. The normalized spacial score (nSPS) is 19.9. The van der Waals surface area contributed by atoms with Gasteiger partial charge in [0, 0.05) is 36.2 Å². The molecule has 6 nitrogen and oxygen atoms in total. The molecule has 2 rings (SSSR count). The zero-order valence-corrected chi connectivity index (χ0v) is 12.7. The molecule has 1 aromatic heterocycles. The summed E-state index contributed by atoms with van der Waals surface area (Å²) >= 11 is 1.57. The summed E-state index contributed by atoms with van der Waals surface area (Å²) in [4.78, 5) is 16.8. The lowest BCUT2D eigenvalue weighted by molar-refractivity contribution is 0.0697. The lowest BCUT2D eigenvalue weighted by Gasteiger charge is -2.37. The van der Waals surface area contributed by atoms with Crippen LogP contribution >= 0.6 is 11.8 Å². The first-order valence-electron chi connectivity index (χ1n) is 6.20. The van der Waals surface area contributed by atoms with Gasteiger partial charge in [-0.1, -0.05) is 6.92 Å². The predicted octanol–water partition coefficient (Wildman–Crippen LogP) is 1.09. The summed E-state index contributed by atoms with van der Waals surface area (Å²) in [6.45, 7) is 2.12. The molecule has 0 aliphatic carbocycles. The van der Waals surface area contributed by atoms with Crippen molar-refractivity contribution in [2.75, 3.05) is 28.7 Å². The Balaban J connectivity index is 2.46. The number of sulfone groups is 1. The van der Waals surface area contributed by atoms with E-state index in [0.29, 0.717) is 18.0 Å². The summed E-state index contributed by atoms with van der Waals surface area (Å²) in [6.07, 6.45) is 2.74. The highest BCUT2D eigenvalue weighted by atomic mass is 32.2. The minimum absolute atomic E-state index is 0.0377. The number of nitrogens with zero attached hydrogens (tertiary/aromatic N) is 2. The van der Waals surface area contributed by atoms with Crippen molar-refractivity contribution in [1.29, 1.82) is 0 Å². The zero-order valence-electron chi connectivity index (χ0n) is 11.0. The van der Waals surface area contributed by atoms with Crippen LogP contribution in [0.2, 0.25) is 0 Å². The first-order chi connectivity index (χ1) is 9.47. The fourth-order valence-corrected chi connectivity index (χ4v) is 5.13. The van der Waals surface area contributed by atoms with Crippen molar-refractivity contribution in [3.63, 3.8) is 0 Å². The van der Waals surface area contributed by atoms with E-state index in [2.05, 4.69) is 4.98 Å². The van der Waals surface area contributed by atoms with Crippen LogP contribution in [-0.4, -0.2) is 53.7 Å². The molecule has 1 atom stereocenters. The molecule has 1 saturated heterocycles. The van der Waals surface area contributed by atoms with Gasteiger partial charge in [-0.2, -0.15) is 11.8 Å². The molecule has 20 heavy (non-hydrogen) atoms. The Hall–Kier alpha value is -1.28. The fraction of sp³-hybridized carbons (Fsp3) is 0.500. The van der Waals surface area contributed by atoms with Crippen molar-refractivity contribution in [3.05, 3.63) is 24.0 Å². The van der Waals surface area contributed by atoms with E-state index >= 15 is 0 Å². The van der Waals surface area contributed by atoms with Crippen molar-refractivity contribution in [2.45, 2.75) is 12.3 Å². The molecule has 1 aliphatic rings. The Morgan fingerprint density at radius 3 is 3.00 bits per heavy atom. The summed E-state index contributed by atoms with van der Waals surface area (Å²) in [7, 11) is -3.27. The number of aromatic carboxylic acids is 1. The minimum atomic E-state index is -3.27. The van der Waals surface area contributed by atoms with Gasteiger partial charge in [-0.15, -0.1) is 0 Å². The average molecular weight is 316 g/mol. The molecule has 110 valence electrons. The standard InChI is InChI=1S/C12H16N2O4S2/c1-2-20(17,18)11-8-19-6-5-14(11)10-3-4-13-7-9(10)12(15)16/h3-4,7,11H,2,5-6,8H2,1H3,(H,15,16). The number of hydrogen-bond donors (Lipinski definition) is 1. The van der Waals surface area contributed by atoms with Crippen LogP contribution in [0.5, 0.6) is 0 Å². The van der Waals surface area contributed by atoms with Crippen LogP contribution in [0.25, 0.3) is 0 Å². The van der Waals surface area contributed by atoms with E-state index in [1.807, 2.05) is 0 Å².